The number of carbonyl (C=O) groups excluding carboxylic acids is 1. The molecule has 2 aromatic rings. The first-order chi connectivity index (χ1) is 14.0. The van der Waals surface area contributed by atoms with E-state index in [4.69, 9.17) is 0 Å². The molecule has 4 unspecified atom stereocenters. The normalized spacial score (nSPS) is 30.4. The summed E-state index contributed by atoms with van der Waals surface area (Å²) in [5.41, 5.74) is 5.43. The molecule has 0 radical (unpaired) electrons. The Morgan fingerprint density at radius 2 is 1.79 bits per heavy atom. The van der Waals surface area contributed by atoms with Gasteiger partial charge in [0.2, 0.25) is 0 Å². The lowest BCUT2D eigenvalue weighted by molar-refractivity contribution is -0.384. The van der Waals surface area contributed by atoms with E-state index in [9.17, 15) is 14.9 Å². The van der Waals surface area contributed by atoms with Gasteiger partial charge in [-0.15, -0.1) is 0 Å². The van der Waals surface area contributed by atoms with Crippen LogP contribution in [0.2, 0.25) is 0 Å². The minimum atomic E-state index is -0.355. The Morgan fingerprint density at radius 1 is 1.03 bits per heavy atom. The second-order valence-corrected chi connectivity index (χ2v) is 9.47. The number of benzene rings is 2. The van der Waals surface area contributed by atoms with Gasteiger partial charge in [-0.1, -0.05) is 37.3 Å². The third kappa shape index (κ3) is 3.00. The number of nitro benzene ring substituents is 1. The Bertz CT molecular complexity index is 980. The molecule has 2 fully saturated rings. The van der Waals surface area contributed by atoms with Crippen LogP contribution in [0.25, 0.3) is 0 Å². The van der Waals surface area contributed by atoms with E-state index in [-0.39, 0.29) is 16.0 Å². The van der Waals surface area contributed by atoms with Crippen LogP contribution >= 0.6 is 0 Å². The van der Waals surface area contributed by atoms with E-state index < -0.39 is 0 Å². The highest BCUT2D eigenvalue weighted by Crippen LogP contribution is 2.59. The summed E-state index contributed by atoms with van der Waals surface area (Å²) in [6, 6.07) is 13.8. The van der Waals surface area contributed by atoms with Crippen molar-refractivity contribution < 1.29 is 9.72 Å². The molecule has 3 aliphatic rings. The molecule has 0 bridgehead atoms. The maximum absolute atomic E-state index is 12.5. The fraction of sp³-hybridized carbons (Fsp3) is 0.480. The molecule has 0 aliphatic heterocycles. The van der Waals surface area contributed by atoms with Crippen LogP contribution in [0.15, 0.2) is 42.5 Å². The van der Waals surface area contributed by atoms with Gasteiger partial charge in [0.15, 0.2) is 0 Å². The highest BCUT2D eigenvalue weighted by Gasteiger charge is 2.54. The predicted molar refractivity (Wildman–Crippen MR) is 112 cm³/mol. The Hall–Kier alpha value is -2.49. The number of fused-ring (bicyclic) bond motifs is 5. The zero-order chi connectivity index (χ0) is 20.2. The van der Waals surface area contributed by atoms with Gasteiger partial charge in [0.1, 0.15) is 5.78 Å². The van der Waals surface area contributed by atoms with Crippen molar-refractivity contribution in [2.75, 3.05) is 0 Å². The summed E-state index contributed by atoms with van der Waals surface area (Å²) in [4.78, 5) is 23.0. The molecular formula is C25H27NO3. The van der Waals surface area contributed by atoms with Crippen LogP contribution in [0.1, 0.15) is 67.2 Å². The van der Waals surface area contributed by atoms with Crippen LogP contribution in [0.5, 0.6) is 0 Å². The van der Waals surface area contributed by atoms with E-state index in [0.717, 1.165) is 44.1 Å². The number of rotatable bonds is 3. The Morgan fingerprint density at radius 3 is 2.55 bits per heavy atom. The highest BCUT2D eigenvalue weighted by molar-refractivity contribution is 5.87. The summed E-state index contributed by atoms with van der Waals surface area (Å²) in [7, 11) is 0. The number of Topliss-reactive ketones (excluding diaryl/α,β-unsaturated/α-hetero) is 1. The molecule has 4 atom stereocenters. The van der Waals surface area contributed by atoms with Gasteiger partial charge in [-0.2, -0.15) is 0 Å². The van der Waals surface area contributed by atoms with Gasteiger partial charge in [0.05, 0.1) is 4.92 Å². The molecule has 0 N–H and O–H groups in total. The van der Waals surface area contributed by atoms with E-state index in [1.807, 2.05) is 12.1 Å². The summed E-state index contributed by atoms with van der Waals surface area (Å²) in [5, 5.41) is 10.8. The third-order valence-electron chi connectivity index (χ3n) is 8.06. The van der Waals surface area contributed by atoms with E-state index >= 15 is 0 Å². The van der Waals surface area contributed by atoms with Crippen LogP contribution in [-0.2, 0) is 17.6 Å². The standard InChI is InChI=1S/C25H27NO3/c1-25-13-12-21-20-8-4-17(14-16-2-6-19(7-3-16)26(28)29)15-18(20)5-9-22(21)23(25)10-11-24(25)27/h2-4,6-8,15,21-23H,5,9-14H2,1H3. The Balaban J connectivity index is 1.37. The molecule has 5 rings (SSSR count). The molecule has 0 saturated heterocycles. The minimum absolute atomic E-state index is 0.0610. The molecule has 3 aliphatic carbocycles. The first-order valence-corrected chi connectivity index (χ1v) is 10.8. The van der Waals surface area contributed by atoms with Gasteiger partial charge in [-0.3, -0.25) is 14.9 Å². The van der Waals surface area contributed by atoms with Crippen molar-refractivity contribution in [3.8, 4) is 0 Å². The Kier molecular flexibility index (Phi) is 4.34. The molecule has 4 heteroatoms. The fourth-order valence-corrected chi connectivity index (χ4v) is 6.49. The summed E-state index contributed by atoms with van der Waals surface area (Å²) < 4.78 is 0. The van der Waals surface area contributed by atoms with Crippen molar-refractivity contribution in [3.05, 3.63) is 74.8 Å². The lowest BCUT2D eigenvalue weighted by Gasteiger charge is -2.48. The first kappa shape index (κ1) is 18.5. The molecule has 2 saturated carbocycles. The van der Waals surface area contributed by atoms with Crippen LogP contribution in [-0.4, -0.2) is 10.7 Å². The quantitative estimate of drug-likeness (QED) is 0.506. The van der Waals surface area contributed by atoms with Crippen molar-refractivity contribution in [2.24, 2.45) is 17.3 Å². The second kappa shape index (κ2) is 6.79. The largest absolute Gasteiger partial charge is 0.299 e. The van der Waals surface area contributed by atoms with E-state index in [1.54, 1.807) is 12.1 Å². The Labute approximate surface area is 171 Å². The molecule has 0 amide bonds. The van der Waals surface area contributed by atoms with E-state index in [2.05, 4.69) is 25.1 Å². The number of ketones is 1. The van der Waals surface area contributed by atoms with Gasteiger partial charge in [-0.25, -0.2) is 0 Å². The zero-order valence-corrected chi connectivity index (χ0v) is 16.9. The topological polar surface area (TPSA) is 60.2 Å². The monoisotopic (exact) mass is 389 g/mol. The van der Waals surface area contributed by atoms with Crippen LogP contribution in [0.4, 0.5) is 5.69 Å². The number of hydrogen-bond acceptors (Lipinski definition) is 3. The first-order valence-electron chi connectivity index (χ1n) is 10.8. The predicted octanol–water partition coefficient (Wildman–Crippen LogP) is 5.61. The van der Waals surface area contributed by atoms with Gasteiger partial charge < -0.3 is 0 Å². The maximum Gasteiger partial charge on any atom is 0.269 e. The summed E-state index contributed by atoms with van der Waals surface area (Å²) >= 11 is 0. The summed E-state index contributed by atoms with van der Waals surface area (Å²) in [5.74, 6) is 2.34. The van der Waals surface area contributed by atoms with Crippen molar-refractivity contribution in [3.63, 3.8) is 0 Å². The number of aryl methyl sites for hydroxylation is 1. The van der Waals surface area contributed by atoms with Crippen molar-refractivity contribution in [1.82, 2.24) is 0 Å². The number of nitrogens with zero attached hydrogens (tertiary/aromatic N) is 1. The van der Waals surface area contributed by atoms with Crippen molar-refractivity contribution in [1.29, 1.82) is 0 Å². The smallest absolute Gasteiger partial charge is 0.269 e. The van der Waals surface area contributed by atoms with Crippen molar-refractivity contribution >= 4 is 11.5 Å². The molecule has 0 heterocycles. The van der Waals surface area contributed by atoms with Crippen LogP contribution in [0.3, 0.4) is 0 Å². The number of hydrogen-bond donors (Lipinski definition) is 0. The average Bonchev–Trinajstić information content (AvgIpc) is 3.03. The average molecular weight is 389 g/mol. The molecule has 29 heavy (non-hydrogen) atoms. The summed E-state index contributed by atoms with van der Waals surface area (Å²) in [6.07, 6.45) is 7.15. The molecule has 150 valence electrons. The lowest BCUT2D eigenvalue weighted by atomic mass is 9.55. The number of non-ortho nitro benzene ring substituents is 1. The molecular weight excluding hydrogens is 362 g/mol. The van der Waals surface area contributed by atoms with E-state index in [1.165, 1.54) is 23.1 Å². The fourth-order valence-electron chi connectivity index (χ4n) is 6.49. The summed E-state index contributed by atoms with van der Waals surface area (Å²) in [6.45, 7) is 2.23. The lowest BCUT2D eigenvalue weighted by Crippen LogP contribution is -2.42. The molecule has 0 spiro atoms. The zero-order valence-electron chi connectivity index (χ0n) is 16.9. The maximum atomic E-state index is 12.5. The molecule has 2 aromatic carbocycles. The van der Waals surface area contributed by atoms with Crippen LogP contribution < -0.4 is 0 Å². The minimum Gasteiger partial charge on any atom is -0.299 e. The van der Waals surface area contributed by atoms with Gasteiger partial charge in [0, 0.05) is 24.0 Å². The third-order valence-corrected chi connectivity index (χ3v) is 8.06. The van der Waals surface area contributed by atoms with Crippen LogP contribution in [0, 0.1) is 27.4 Å². The van der Waals surface area contributed by atoms with Gasteiger partial charge in [0.25, 0.3) is 5.69 Å². The number of nitro groups is 1. The van der Waals surface area contributed by atoms with E-state index in [0.29, 0.717) is 23.5 Å². The molecule has 4 nitrogen and oxygen atoms in total. The van der Waals surface area contributed by atoms with Gasteiger partial charge in [-0.05, 0) is 78.5 Å². The number of carbonyl (C=O) groups is 1. The molecule has 0 aromatic heterocycles. The SMILES string of the molecule is CC12CCC3c4ccc(Cc5ccc([N+](=O)[O-])cc5)cc4CCC3C1CCC2=O. The second-order valence-electron chi connectivity index (χ2n) is 9.47. The highest BCUT2D eigenvalue weighted by atomic mass is 16.6. The van der Waals surface area contributed by atoms with Crippen molar-refractivity contribution in [2.45, 2.75) is 57.8 Å². The van der Waals surface area contributed by atoms with Gasteiger partial charge >= 0.3 is 0 Å².